The number of rotatable bonds is 0. The molecule has 0 amide bonds. The molecule has 0 aromatic heterocycles. The van der Waals surface area contributed by atoms with Crippen molar-refractivity contribution in [2.75, 3.05) is 6.54 Å². The molecular weight excluding hydrogens is 146 g/mol. The third-order valence-electron chi connectivity index (χ3n) is 3.71. The van der Waals surface area contributed by atoms with E-state index in [-0.39, 0.29) is 0 Å². The van der Waals surface area contributed by atoms with Gasteiger partial charge < -0.3 is 5.32 Å². The van der Waals surface area contributed by atoms with E-state index in [1.807, 2.05) is 0 Å². The molecule has 1 heteroatoms. The highest BCUT2D eigenvalue weighted by Crippen LogP contribution is 2.48. The standard InChI is InChI=1S/C11H21N/c1-10(2,3)9-4-7-12-11(8-9)5-6-11/h9,12H,4-8H2,1-3H3. The molecule has 1 atom stereocenters. The first-order valence-electron chi connectivity index (χ1n) is 5.27. The fourth-order valence-corrected chi connectivity index (χ4v) is 2.43. The molecule has 1 saturated heterocycles. The molecule has 2 fully saturated rings. The minimum absolute atomic E-state index is 0.525. The highest BCUT2D eigenvalue weighted by Gasteiger charge is 2.47. The molecule has 2 rings (SSSR count). The zero-order valence-corrected chi connectivity index (χ0v) is 8.61. The Labute approximate surface area is 75.9 Å². The first-order valence-corrected chi connectivity index (χ1v) is 5.27. The van der Waals surface area contributed by atoms with Gasteiger partial charge in [0.2, 0.25) is 0 Å². The van der Waals surface area contributed by atoms with Crippen LogP contribution in [0.25, 0.3) is 0 Å². The lowest BCUT2D eigenvalue weighted by Crippen LogP contribution is -2.43. The van der Waals surface area contributed by atoms with E-state index in [0.717, 1.165) is 5.92 Å². The van der Waals surface area contributed by atoms with E-state index in [0.29, 0.717) is 11.0 Å². The predicted octanol–water partition coefficient (Wildman–Crippen LogP) is 2.56. The van der Waals surface area contributed by atoms with Crippen molar-refractivity contribution >= 4 is 0 Å². The minimum atomic E-state index is 0.525. The molecule has 70 valence electrons. The second-order valence-corrected chi connectivity index (χ2v) is 5.76. The second kappa shape index (κ2) is 2.47. The molecule has 0 aromatic carbocycles. The van der Waals surface area contributed by atoms with E-state index in [9.17, 15) is 0 Å². The number of piperidine rings is 1. The maximum absolute atomic E-state index is 3.67. The van der Waals surface area contributed by atoms with Crippen molar-refractivity contribution in [2.24, 2.45) is 11.3 Å². The molecule has 1 aliphatic heterocycles. The molecule has 1 aliphatic carbocycles. The van der Waals surface area contributed by atoms with E-state index in [1.165, 1.54) is 32.2 Å². The monoisotopic (exact) mass is 167 g/mol. The molecule has 1 spiro atoms. The van der Waals surface area contributed by atoms with Crippen molar-refractivity contribution in [3.8, 4) is 0 Å². The van der Waals surface area contributed by atoms with Crippen LogP contribution >= 0.6 is 0 Å². The molecule has 1 nitrogen and oxygen atoms in total. The topological polar surface area (TPSA) is 12.0 Å². The molecule has 2 aliphatic rings. The lowest BCUT2D eigenvalue weighted by molar-refractivity contribution is 0.153. The molecule has 1 heterocycles. The Balaban J connectivity index is 1.99. The van der Waals surface area contributed by atoms with E-state index < -0.39 is 0 Å². The SMILES string of the molecule is CC(C)(C)C1CCNC2(CC2)C1. The summed E-state index contributed by atoms with van der Waals surface area (Å²) in [6.07, 6.45) is 5.67. The number of nitrogens with one attached hydrogen (secondary N) is 1. The average Bonchev–Trinajstić information content (AvgIpc) is 2.68. The predicted molar refractivity (Wildman–Crippen MR) is 52.1 cm³/mol. The summed E-state index contributed by atoms with van der Waals surface area (Å²) >= 11 is 0. The molecule has 0 bridgehead atoms. The summed E-state index contributed by atoms with van der Waals surface area (Å²) in [4.78, 5) is 0. The summed E-state index contributed by atoms with van der Waals surface area (Å²) in [6.45, 7) is 8.42. The fourth-order valence-electron chi connectivity index (χ4n) is 2.43. The van der Waals surface area contributed by atoms with Crippen LogP contribution in [0.5, 0.6) is 0 Å². The zero-order valence-electron chi connectivity index (χ0n) is 8.61. The third kappa shape index (κ3) is 1.52. The van der Waals surface area contributed by atoms with Gasteiger partial charge in [-0.15, -0.1) is 0 Å². The summed E-state index contributed by atoms with van der Waals surface area (Å²) in [6, 6.07) is 0. The lowest BCUT2D eigenvalue weighted by Gasteiger charge is -2.38. The van der Waals surface area contributed by atoms with Crippen molar-refractivity contribution in [1.29, 1.82) is 0 Å². The van der Waals surface area contributed by atoms with Gasteiger partial charge in [-0.1, -0.05) is 20.8 Å². The highest BCUT2D eigenvalue weighted by molar-refractivity contribution is 5.06. The molecule has 12 heavy (non-hydrogen) atoms. The third-order valence-corrected chi connectivity index (χ3v) is 3.71. The van der Waals surface area contributed by atoms with Crippen LogP contribution in [0.2, 0.25) is 0 Å². The van der Waals surface area contributed by atoms with E-state index in [1.54, 1.807) is 0 Å². The Hall–Kier alpha value is -0.0400. The normalized spacial score (nSPS) is 33.8. The average molecular weight is 167 g/mol. The first kappa shape index (κ1) is 8.55. The smallest absolute Gasteiger partial charge is 0.0185 e. The van der Waals surface area contributed by atoms with Crippen LogP contribution in [0.3, 0.4) is 0 Å². The summed E-state index contributed by atoms with van der Waals surface area (Å²) < 4.78 is 0. The van der Waals surface area contributed by atoms with Crippen LogP contribution in [-0.2, 0) is 0 Å². The van der Waals surface area contributed by atoms with Gasteiger partial charge in [-0.2, -0.15) is 0 Å². The van der Waals surface area contributed by atoms with Crippen molar-refractivity contribution in [2.45, 2.75) is 52.0 Å². The molecule has 0 aromatic rings. The van der Waals surface area contributed by atoms with Crippen LogP contribution in [0, 0.1) is 11.3 Å². The Kier molecular flexibility index (Phi) is 1.76. The Bertz CT molecular complexity index is 174. The Morgan fingerprint density at radius 2 is 1.92 bits per heavy atom. The van der Waals surface area contributed by atoms with Gasteiger partial charge in [0.1, 0.15) is 0 Å². The zero-order chi connectivity index (χ0) is 8.82. The first-order chi connectivity index (χ1) is 5.52. The molecule has 1 saturated carbocycles. The molecule has 0 radical (unpaired) electrons. The summed E-state index contributed by atoms with van der Waals surface area (Å²) in [7, 11) is 0. The van der Waals surface area contributed by atoms with E-state index >= 15 is 0 Å². The maximum atomic E-state index is 3.67. The summed E-state index contributed by atoms with van der Waals surface area (Å²) in [5, 5.41) is 3.67. The van der Waals surface area contributed by atoms with Gasteiger partial charge in [-0.05, 0) is 43.6 Å². The van der Waals surface area contributed by atoms with Gasteiger partial charge in [-0.25, -0.2) is 0 Å². The van der Waals surface area contributed by atoms with Crippen LogP contribution in [0.1, 0.15) is 46.5 Å². The maximum Gasteiger partial charge on any atom is 0.0185 e. The van der Waals surface area contributed by atoms with Gasteiger partial charge in [0.15, 0.2) is 0 Å². The van der Waals surface area contributed by atoms with Crippen molar-refractivity contribution < 1.29 is 0 Å². The summed E-state index contributed by atoms with van der Waals surface area (Å²) in [5.41, 5.74) is 1.13. The number of hydrogen-bond donors (Lipinski definition) is 1. The van der Waals surface area contributed by atoms with Crippen molar-refractivity contribution in [3.05, 3.63) is 0 Å². The van der Waals surface area contributed by atoms with Crippen LogP contribution in [0.15, 0.2) is 0 Å². The van der Waals surface area contributed by atoms with Crippen molar-refractivity contribution in [1.82, 2.24) is 5.32 Å². The summed E-state index contributed by atoms with van der Waals surface area (Å²) in [5.74, 6) is 0.946. The Morgan fingerprint density at radius 3 is 2.42 bits per heavy atom. The van der Waals surface area contributed by atoms with Gasteiger partial charge in [-0.3, -0.25) is 0 Å². The van der Waals surface area contributed by atoms with E-state index in [4.69, 9.17) is 0 Å². The quantitative estimate of drug-likeness (QED) is 0.584. The molecule has 1 unspecified atom stereocenters. The lowest BCUT2D eigenvalue weighted by atomic mass is 9.73. The van der Waals surface area contributed by atoms with Gasteiger partial charge >= 0.3 is 0 Å². The fraction of sp³-hybridized carbons (Fsp3) is 1.00. The largest absolute Gasteiger partial charge is 0.311 e. The highest BCUT2D eigenvalue weighted by atomic mass is 15.0. The Morgan fingerprint density at radius 1 is 1.25 bits per heavy atom. The van der Waals surface area contributed by atoms with Crippen LogP contribution < -0.4 is 5.32 Å². The van der Waals surface area contributed by atoms with Gasteiger partial charge in [0, 0.05) is 5.54 Å². The molecule has 1 N–H and O–H groups in total. The minimum Gasteiger partial charge on any atom is -0.311 e. The molecular formula is C11H21N. The number of hydrogen-bond acceptors (Lipinski definition) is 1. The van der Waals surface area contributed by atoms with Crippen LogP contribution in [-0.4, -0.2) is 12.1 Å². The van der Waals surface area contributed by atoms with Crippen LogP contribution in [0.4, 0.5) is 0 Å². The van der Waals surface area contributed by atoms with Gasteiger partial charge in [0.05, 0.1) is 0 Å². The second-order valence-electron chi connectivity index (χ2n) is 5.76. The van der Waals surface area contributed by atoms with Crippen molar-refractivity contribution in [3.63, 3.8) is 0 Å². The van der Waals surface area contributed by atoms with E-state index in [2.05, 4.69) is 26.1 Å². The van der Waals surface area contributed by atoms with Gasteiger partial charge in [0.25, 0.3) is 0 Å².